The van der Waals surface area contributed by atoms with Crippen molar-refractivity contribution in [1.82, 2.24) is 14.9 Å². The van der Waals surface area contributed by atoms with Gasteiger partial charge >= 0.3 is 0 Å². The van der Waals surface area contributed by atoms with Crippen LogP contribution < -0.4 is 15.0 Å². The summed E-state index contributed by atoms with van der Waals surface area (Å²) in [6, 6.07) is 21.3. The van der Waals surface area contributed by atoms with Crippen LogP contribution in [0.3, 0.4) is 0 Å². The second kappa shape index (κ2) is 10.7. The van der Waals surface area contributed by atoms with Crippen molar-refractivity contribution in [2.75, 3.05) is 4.90 Å². The average Bonchev–Trinajstić information content (AvgIpc) is 3.63. The van der Waals surface area contributed by atoms with Crippen molar-refractivity contribution in [1.29, 1.82) is 0 Å². The third-order valence-electron chi connectivity index (χ3n) is 8.47. The van der Waals surface area contributed by atoms with Crippen LogP contribution in [-0.4, -0.2) is 20.8 Å². The van der Waals surface area contributed by atoms with Crippen LogP contribution in [0.5, 0.6) is 5.75 Å². The minimum absolute atomic E-state index is 0.0602. The Morgan fingerprint density at radius 1 is 0.900 bits per heavy atom. The fraction of sp³-hybridized carbons (Fsp3) is 0.353. The maximum atomic E-state index is 6.26. The highest BCUT2D eigenvalue weighted by Gasteiger charge is 2.42. The molecule has 1 aliphatic carbocycles. The smallest absolute Gasteiger partial charge is 0.174 e. The standard InChI is InChI=1S/C34H38N4OS/c1-21-18-22(2)32(23(3)19-21)37-24(4)20-29(25(37)5)33-31(30-12-8-9-17-35-30)36-34(40)38(33)26-13-15-28(16-14-26)39-27-10-6-7-11-27/h8-9,12-20,27,31,33H,6-7,10-11H2,1-5H3,(H,36,40)/t31-,33-/m1/s1. The summed E-state index contributed by atoms with van der Waals surface area (Å²) in [6.45, 7) is 11.0. The van der Waals surface area contributed by atoms with E-state index in [9.17, 15) is 0 Å². The Kier molecular flexibility index (Phi) is 7.13. The minimum Gasteiger partial charge on any atom is -0.490 e. The molecular formula is C34H38N4OS. The highest BCUT2D eigenvalue weighted by molar-refractivity contribution is 7.80. The van der Waals surface area contributed by atoms with Crippen LogP contribution in [0.1, 0.15) is 77.1 Å². The van der Waals surface area contributed by atoms with Crippen molar-refractivity contribution < 1.29 is 4.74 Å². The van der Waals surface area contributed by atoms with Gasteiger partial charge in [-0.15, -0.1) is 0 Å². The normalized spacial score (nSPS) is 19.3. The number of nitrogens with zero attached hydrogens (tertiary/aromatic N) is 3. The predicted octanol–water partition coefficient (Wildman–Crippen LogP) is 7.91. The van der Waals surface area contributed by atoms with Gasteiger partial charge < -0.3 is 19.5 Å². The molecule has 2 aromatic carbocycles. The molecule has 206 valence electrons. The van der Waals surface area contributed by atoms with Crippen LogP contribution in [0.2, 0.25) is 0 Å². The molecule has 0 radical (unpaired) electrons. The highest BCUT2D eigenvalue weighted by Crippen LogP contribution is 2.44. The summed E-state index contributed by atoms with van der Waals surface area (Å²) in [5.41, 5.74) is 10.8. The molecule has 4 aromatic rings. The van der Waals surface area contributed by atoms with Gasteiger partial charge in [0.2, 0.25) is 0 Å². The number of benzene rings is 2. The van der Waals surface area contributed by atoms with Gasteiger partial charge in [-0.25, -0.2) is 0 Å². The molecule has 1 saturated heterocycles. The van der Waals surface area contributed by atoms with E-state index >= 15 is 0 Å². The van der Waals surface area contributed by atoms with Gasteiger partial charge in [-0.1, -0.05) is 23.8 Å². The Hall–Kier alpha value is -3.64. The molecule has 2 fully saturated rings. The first kappa shape index (κ1) is 26.6. The van der Waals surface area contributed by atoms with Crippen molar-refractivity contribution in [3.8, 4) is 11.4 Å². The predicted molar refractivity (Wildman–Crippen MR) is 167 cm³/mol. The molecule has 0 bridgehead atoms. The summed E-state index contributed by atoms with van der Waals surface area (Å²) < 4.78 is 8.67. The quantitative estimate of drug-likeness (QED) is 0.247. The number of hydrogen-bond donors (Lipinski definition) is 1. The average molecular weight is 551 g/mol. The van der Waals surface area contributed by atoms with Crippen LogP contribution in [0.15, 0.2) is 66.9 Å². The Morgan fingerprint density at radius 2 is 1.60 bits per heavy atom. The molecule has 6 rings (SSSR count). The van der Waals surface area contributed by atoms with E-state index in [4.69, 9.17) is 21.9 Å². The van der Waals surface area contributed by atoms with Crippen molar-refractivity contribution in [3.63, 3.8) is 0 Å². The molecule has 5 nitrogen and oxygen atoms in total. The number of rotatable bonds is 6. The summed E-state index contributed by atoms with van der Waals surface area (Å²) in [6.07, 6.45) is 6.99. The molecule has 0 amide bonds. The zero-order chi connectivity index (χ0) is 28.0. The van der Waals surface area contributed by atoms with Crippen LogP contribution in [0, 0.1) is 34.6 Å². The number of aromatic nitrogens is 2. The number of hydrogen-bond acceptors (Lipinski definition) is 3. The van der Waals surface area contributed by atoms with Crippen LogP contribution in [0.4, 0.5) is 5.69 Å². The van der Waals surface area contributed by atoms with Gasteiger partial charge in [-0.2, -0.15) is 0 Å². The van der Waals surface area contributed by atoms with Crippen LogP contribution in [-0.2, 0) is 0 Å². The fourth-order valence-corrected chi connectivity index (χ4v) is 7.14. The third-order valence-corrected chi connectivity index (χ3v) is 8.78. The Bertz CT molecular complexity index is 1510. The number of pyridine rings is 1. The van der Waals surface area contributed by atoms with Crippen molar-refractivity contribution >= 4 is 23.0 Å². The molecule has 3 heterocycles. The maximum Gasteiger partial charge on any atom is 0.174 e. The third kappa shape index (κ3) is 4.79. The maximum absolute atomic E-state index is 6.26. The second-order valence-corrected chi connectivity index (χ2v) is 11.8. The van der Waals surface area contributed by atoms with E-state index in [0.717, 1.165) is 30.0 Å². The van der Waals surface area contributed by atoms with E-state index < -0.39 is 0 Å². The van der Waals surface area contributed by atoms with Gasteiger partial charge in [0.1, 0.15) is 5.75 Å². The molecule has 0 spiro atoms. The Balaban J connectivity index is 1.44. The molecule has 1 aliphatic heterocycles. The molecule has 2 aromatic heterocycles. The number of anilines is 1. The Labute approximate surface area is 243 Å². The molecule has 1 saturated carbocycles. The summed E-state index contributed by atoms with van der Waals surface area (Å²) >= 11 is 6.01. The SMILES string of the molecule is Cc1cc(C)c(-n2c(C)cc([C@@H]3[C@@H](c4ccccn4)NC(=S)N3c3ccc(OC4CCCC4)cc3)c2C)c(C)c1. The lowest BCUT2D eigenvalue weighted by Gasteiger charge is -2.28. The molecule has 2 aliphatic rings. The van der Waals surface area contributed by atoms with E-state index in [2.05, 4.69) is 97.9 Å². The molecule has 1 N–H and O–H groups in total. The van der Waals surface area contributed by atoms with Gasteiger partial charge in [0, 0.05) is 23.3 Å². The van der Waals surface area contributed by atoms with Crippen LogP contribution >= 0.6 is 12.2 Å². The first-order valence-electron chi connectivity index (χ1n) is 14.4. The molecule has 40 heavy (non-hydrogen) atoms. The summed E-state index contributed by atoms with van der Waals surface area (Å²) in [5.74, 6) is 0.926. The van der Waals surface area contributed by atoms with E-state index in [0.29, 0.717) is 11.2 Å². The highest BCUT2D eigenvalue weighted by atomic mass is 32.1. The summed E-state index contributed by atoms with van der Waals surface area (Å²) in [7, 11) is 0. The number of aryl methyl sites for hydroxylation is 4. The van der Waals surface area contributed by atoms with Crippen molar-refractivity contribution in [2.45, 2.75) is 78.5 Å². The van der Waals surface area contributed by atoms with Gasteiger partial charge in [-0.05, 0) is 132 Å². The monoisotopic (exact) mass is 550 g/mol. The van der Waals surface area contributed by atoms with Crippen molar-refractivity contribution in [2.24, 2.45) is 0 Å². The topological polar surface area (TPSA) is 42.3 Å². The van der Waals surface area contributed by atoms with Gasteiger partial charge in [0.15, 0.2) is 5.11 Å². The second-order valence-electron chi connectivity index (χ2n) is 11.4. The molecular weight excluding hydrogens is 512 g/mol. The zero-order valence-corrected chi connectivity index (χ0v) is 24.9. The summed E-state index contributed by atoms with van der Waals surface area (Å²) in [5, 5.41) is 4.33. The first-order valence-corrected chi connectivity index (χ1v) is 14.8. The first-order chi connectivity index (χ1) is 19.3. The zero-order valence-electron chi connectivity index (χ0n) is 24.1. The van der Waals surface area contributed by atoms with E-state index in [-0.39, 0.29) is 12.1 Å². The van der Waals surface area contributed by atoms with Crippen molar-refractivity contribution in [3.05, 3.63) is 106 Å². The fourth-order valence-electron chi connectivity index (χ4n) is 6.79. The Morgan fingerprint density at radius 3 is 2.25 bits per heavy atom. The number of thiocarbonyl (C=S) groups is 1. The van der Waals surface area contributed by atoms with Gasteiger partial charge in [0.25, 0.3) is 0 Å². The lowest BCUT2D eigenvalue weighted by molar-refractivity contribution is 0.210. The lowest BCUT2D eigenvalue weighted by Crippen LogP contribution is -2.29. The lowest BCUT2D eigenvalue weighted by atomic mass is 9.96. The largest absolute Gasteiger partial charge is 0.490 e. The van der Waals surface area contributed by atoms with Gasteiger partial charge in [-0.3, -0.25) is 4.98 Å². The minimum atomic E-state index is -0.0859. The number of nitrogens with one attached hydrogen (secondary N) is 1. The summed E-state index contributed by atoms with van der Waals surface area (Å²) in [4.78, 5) is 7.01. The number of ether oxygens (including phenoxy) is 1. The van der Waals surface area contributed by atoms with Gasteiger partial charge in [0.05, 0.1) is 29.6 Å². The van der Waals surface area contributed by atoms with Crippen LogP contribution in [0.25, 0.3) is 5.69 Å². The molecule has 0 unspecified atom stereocenters. The van der Waals surface area contributed by atoms with E-state index in [1.54, 1.807) is 0 Å². The molecule has 2 atom stereocenters. The van der Waals surface area contributed by atoms with E-state index in [1.807, 2.05) is 18.3 Å². The molecule has 6 heteroatoms. The van der Waals surface area contributed by atoms with E-state index in [1.165, 1.54) is 52.2 Å².